The van der Waals surface area contributed by atoms with Gasteiger partial charge in [0.25, 0.3) is 0 Å². The van der Waals surface area contributed by atoms with Gasteiger partial charge in [-0.25, -0.2) is 0 Å². The Balaban J connectivity index is 2.35. The molecule has 11 heavy (non-hydrogen) atoms. The van der Waals surface area contributed by atoms with E-state index < -0.39 is 0 Å². The minimum absolute atomic E-state index is 0.552. The summed E-state index contributed by atoms with van der Waals surface area (Å²) in [6, 6.07) is 0. The first-order valence-corrected chi connectivity index (χ1v) is 3.96. The van der Waals surface area contributed by atoms with Gasteiger partial charge in [-0.3, -0.25) is 4.99 Å². The highest BCUT2D eigenvalue weighted by molar-refractivity contribution is 5.66. The molecule has 1 heteroatoms. The second-order valence-corrected chi connectivity index (χ2v) is 3.06. The maximum atomic E-state index is 4.17. The Kier molecular flexibility index (Phi) is 1.50. The lowest BCUT2D eigenvalue weighted by atomic mass is 9.84. The highest BCUT2D eigenvalue weighted by atomic mass is 14.7. The molecule has 2 aliphatic rings. The van der Waals surface area contributed by atoms with Gasteiger partial charge in [0, 0.05) is 24.3 Å². The van der Waals surface area contributed by atoms with Crippen LogP contribution in [0.4, 0.5) is 0 Å². The maximum absolute atomic E-state index is 4.17. The number of rotatable bonds is 0. The molecule has 0 saturated heterocycles. The summed E-state index contributed by atoms with van der Waals surface area (Å²) in [5, 5.41) is 0. The number of hydrogen-bond donors (Lipinski definition) is 0. The summed E-state index contributed by atoms with van der Waals surface area (Å²) in [7, 11) is 0. The van der Waals surface area contributed by atoms with Crippen molar-refractivity contribution >= 4 is 6.21 Å². The predicted molar refractivity (Wildman–Crippen MR) is 47.5 cm³/mol. The van der Waals surface area contributed by atoms with Crippen LogP contribution in [0.5, 0.6) is 0 Å². The van der Waals surface area contributed by atoms with E-state index in [4.69, 9.17) is 0 Å². The van der Waals surface area contributed by atoms with Crippen LogP contribution in [0, 0.1) is 11.8 Å². The van der Waals surface area contributed by atoms with E-state index in [0.29, 0.717) is 11.8 Å². The first-order valence-electron chi connectivity index (χ1n) is 3.96. The van der Waals surface area contributed by atoms with Crippen molar-refractivity contribution in [2.45, 2.75) is 6.92 Å². The zero-order chi connectivity index (χ0) is 7.68. The Hall–Kier alpha value is -1.11. The Morgan fingerprint density at radius 2 is 2.27 bits per heavy atom. The van der Waals surface area contributed by atoms with Crippen LogP contribution in [-0.4, -0.2) is 6.21 Å². The van der Waals surface area contributed by atoms with Crippen molar-refractivity contribution in [1.82, 2.24) is 0 Å². The third-order valence-electron chi connectivity index (χ3n) is 2.21. The molecule has 2 atom stereocenters. The van der Waals surface area contributed by atoms with E-state index in [-0.39, 0.29) is 0 Å². The molecule has 0 saturated carbocycles. The normalized spacial score (nSPS) is 33.4. The fourth-order valence-corrected chi connectivity index (χ4v) is 1.54. The van der Waals surface area contributed by atoms with Gasteiger partial charge in [-0.1, -0.05) is 31.2 Å². The lowest BCUT2D eigenvalue weighted by Gasteiger charge is -2.22. The smallest absolute Gasteiger partial charge is 0.0302 e. The zero-order valence-electron chi connectivity index (χ0n) is 6.57. The van der Waals surface area contributed by atoms with Crippen molar-refractivity contribution in [3.05, 3.63) is 36.1 Å². The quantitative estimate of drug-likeness (QED) is 0.496. The summed E-state index contributed by atoms with van der Waals surface area (Å²) in [6.07, 6.45) is 12.5. The van der Waals surface area contributed by atoms with Crippen molar-refractivity contribution in [1.29, 1.82) is 0 Å². The second kappa shape index (κ2) is 2.50. The first kappa shape index (κ1) is 6.59. The molecule has 0 fully saturated rings. The van der Waals surface area contributed by atoms with E-state index >= 15 is 0 Å². The van der Waals surface area contributed by atoms with Crippen LogP contribution < -0.4 is 0 Å². The molecular weight excluding hydrogens is 134 g/mol. The molecule has 56 valence electrons. The molecule has 0 amide bonds. The largest absolute Gasteiger partial charge is 0.268 e. The van der Waals surface area contributed by atoms with E-state index in [9.17, 15) is 0 Å². The van der Waals surface area contributed by atoms with Gasteiger partial charge in [0.2, 0.25) is 0 Å². The summed E-state index contributed by atoms with van der Waals surface area (Å²) >= 11 is 0. The number of hydrogen-bond acceptors (Lipinski definition) is 1. The van der Waals surface area contributed by atoms with Gasteiger partial charge in [-0.15, -0.1) is 0 Å². The van der Waals surface area contributed by atoms with Crippen molar-refractivity contribution < 1.29 is 0 Å². The van der Waals surface area contributed by atoms with Crippen molar-refractivity contribution in [3.8, 4) is 0 Å². The molecule has 2 unspecified atom stereocenters. The maximum Gasteiger partial charge on any atom is 0.0302 e. The van der Waals surface area contributed by atoms with Crippen LogP contribution in [0.3, 0.4) is 0 Å². The third kappa shape index (κ3) is 1.07. The van der Waals surface area contributed by atoms with Crippen LogP contribution in [0.15, 0.2) is 41.1 Å². The van der Waals surface area contributed by atoms with Gasteiger partial charge < -0.3 is 0 Å². The molecule has 1 aliphatic heterocycles. The monoisotopic (exact) mass is 145 g/mol. The van der Waals surface area contributed by atoms with Crippen LogP contribution in [0.25, 0.3) is 0 Å². The van der Waals surface area contributed by atoms with E-state index in [2.05, 4.69) is 36.2 Å². The summed E-state index contributed by atoms with van der Waals surface area (Å²) in [5.74, 6) is 1.12. The SMILES string of the molecule is CC1C=NC=C2C=CC=CC21. The molecule has 0 radical (unpaired) electrons. The van der Waals surface area contributed by atoms with E-state index in [1.54, 1.807) is 0 Å². The van der Waals surface area contributed by atoms with Gasteiger partial charge in [-0.05, 0) is 5.57 Å². The predicted octanol–water partition coefficient (Wildman–Crippen LogP) is 2.33. The minimum Gasteiger partial charge on any atom is -0.268 e. The van der Waals surface area contributed by atoms with Gasteiger partial charge >= 0.3 is 0 Å². The molecule has 0 N–H and O–H groups in total. The van der Waals surface area contributed by atoms with Crippen LogP contribution >= 0.6 is 0 Å². The Morgan fingerprint density at radius 3 is 3.09 bits per heavy atom. The Bertz CT molecular complexity index is 269. The lowest BCUT2D eigenvalue weighted by molar-refractivity contribution is 0.624. The zero-order valence-corrected chi connectivity index (χ0v) is 6.57. The molecule has 1 heterocycles. The summed E-state index contributed by atoms with van der Waals surface area (Å²) in [5.41, 5.74) is 1.34. The average molecular weight is 145 g/mol. The summed E-state index contributed by atoms with van der Waals surface area (Å²) in [4.78, 5) is 4.17. The second-order valence-electron chi connectivity index (χ2n) is 3.06. The fourth-order valence-electron chi connectivity index (χ4n) is 1.54. The van der Waals surface area contributed by atoms with Crippen molar-refractivity contribution in [3.63, 3.8) is 0 Å². The average Bonchev–Trinajstić information content (AvgIpc) is 2.06. The minimum atomic E-state index is 0.552. The van der Waals surface area contributed by atoms with Gasteiger partial charge in [0.05, 0.1) is 0 Å². The topological polar surface area (TPSA) is 12.4 Å². The molecule has 0 aromatic rings. The van der Waals surface area contributed by atoms with Gasteiger partial charge in [-0.2, -0.15) is 0 Å². The van der Waals surface area contributed by atoms with Crippen LogP contribution in [0.2, 0.25) is 0 Å². The Labute approximate surface area is 66.8 Å². The molecule has 2 rings (SSSR count). The highest BCUT2D eigenvalue weighted by Crippen LogP contribution is 2.27. The fraction of sp³-hybridized carbons (Fsp3) is 0.300. The molecular formula is C10H11N. The third-order valence-corrected chi connectivity index (χ3v) is 2.21. The summed E-state index contributed by atoms with van der Waals surface area (Å²) < 4.78 is 0. The first-order chi connectivity index (χ1) is 5.38. The van der Waals surface area contributed by atoms with E-state index in [1.807, 2.05) is 12.4 Å². The highest BCUT2D eigenvalue weighted by Gasteiger charge is 2.19. The lowest BCUT2D eigenvalue weighted by Crippen LogP contribution is -2.16. The molecule has 0 spiro atoms. The van der Waals surface area contributed by atoms with Gasteiger partial charge in [0.15, 0.2) is 0 Å². The standard InChI is InChI=1S/C10H11N/c1-8-6-11-7-9-4-2-3-5-10(8)9/h2-8,10H,1H3. The molecule has 0 bridgehead atoms. The molecule has 0 aromatic heterocycles. The Morgan fingerprint density at radius 1 is 1.36 bits per heavy atom. The van der Waals surface area contributed by atoms with Crippen LogP contribution in [0.1, 0.15) is 6.92 Å². The van der Waals surface area contributed by atoms with Crippen LogP contribution in [-0.2, 0) is 0 Å². The van der Waals surface area contributed by atoms with Gasteiger partial charge in [0.1, 0.15) is 0 Å². The molecule has 1 nitrogen and oxygen atoms in total. The number of fused-ring (bicyclic) bond motifs is 1. The number of allylic oxidation sites excluding steroid dienone is 5. The number of nitrogens with zero attached hydrogens (tertiary/aromatic N) is 1. The van der Waals surface area contributed by atoms with Crippen molar-refractivity contribution in [2.24, 2.45) is 16.8 Å². The molecule has 1 aliphatic carbocycles. The molecule has 0 aromatic carbocycles. The number of aliphatic imine (C=N–C) groups is 1. The van der Waals surface area contributed by atoms with E-state index in [1.165, 1.54) is 5.57 Å². The van der Waals surface area contributed by atoms with Crippen molar-refractivity contribution in [2.75, 3.05) is 0 Å². The summed E-state index contributed by atoms with van der Waals surface area (Å²) in [6.45, 7) is 2.20. The van der Waals surface area contributed by atoms with E-state index in [0.717, 1.165) is 0 Å².